The van der Waals surface area contributed by atoms with Gasteiger partial charge in [-0.2, -0.15) is 0 Å². The minimum atomic E-state index is 0. The first-order valence-corrected chi connectivity index (χ1v) is 9.52. The molecule has 2 aromatic carbocycles. The molecule has 0 saturated heterocycles. The summed E-state index contributed by atoms with van der Waals surface area (Å²) < 4.78 is 0.591. The molecule has 0 aromatic heterocycles. The van der Waals surface area contributed by atoms with Crippen LogP contribution in [0, 0.1) is 0 Å². The summed E-state index contributed by atoms with van der Waals surface area (Å²) in [5.41, 5.74) is 9.36. The van der Waals surface area contributed by atoms with Gasteiger partial charge in [-0.1, -0.05) is 0 Å². The Morgan fingerprint density at radius 1 is 0.792 bits per heavy atom. The Morgan fingerprint density at radius 3 is 1.96 bits per heavy atom. The normalized spacial score (nSPS) is 15.9. The molecule has 24 heavy (non-hydrogen) atoms. The van der Waals surface area contributed by atoms with Crippen LogP contribution in [0.3, 0.4) is 0 Å². The molecule has 0 fully saturated rings. The maximum atomic E-state index is 2.45. The molecule has 127 valence electrons. The molecule has 0 aliphatic heterocycles. The van der Waals surface area contributed by atoms with E-state index >= 15 is 0 Å². The van der Waals surface area contributed by atoms with Crippen LogP contribution in [-0.2, 0) is 35.5 Å². The van der Waals surface area contributed by atoms with Crippen molar-refractivity contribution >= 4 is 0 Å². The Labute approximate surface area is 174 Å². The molecule has 0 N–H and O–H groups in total. The first-order chi connectivity index (χ1) is 10.1. The predicted octanol–water partition coefficient (Wildman–Crippen LogP) is -0.0938. The van der Waals surface area contributed by atoms with Gasteiger partial charge < -0.3 is 24.8 Å². The van der Waals surface area contributed by atoms with Gasteiger partial charge >= 0.3 is 150 Å². The van der Waals surface area contributed by atoms with Crippen molar-refractivity contribution in [1.29, 1.82) is 0 Å². The fourth-order valence-corrected chi connectivity index (χ4v) is 4.60. The molecule has 0 radical (unpaired) electrons. The summed E-state index contributed by atoms with van der Waals surface area (Å²) in [6, 6.07) is 14.1. The molecular weight excluding hydrogens is 414 g/mol. The Hall–Kier alpha value is -0.0969. The minimum Gasteiger partial charge on any atom is -1.00 e. The number of halogens is 2. The smallest absolute Gasteiger partial charge is 1.00 e. The van der Waals surface area contributed by atoms with Crippen molar-refractivity contribution in [2.75, 3.05) is 0 Å². The van der Waals surface area contributed by atoms with E-state index in [0.717, 1.165) is 0 Å². The van der Waals surface area contributed by atoms with Crippen LogP contribution < -0.4 is 24.8 Å². The number of benzene rings is 2. The second-order valence-corrected chi connectivity index (χ2v) is 9.92. The number of hydrogen-bond acceptors (Lipinski definition) is 0. The van der Waals surface area contributed by atoms with E-state index in [1.807, 2.05) is 0 Å². The van der Waals surface area contributed by atoms with Crippen molar-refractivity contribution in [2.24, 2.45) is 0 Å². The third-order valence-corrected chi connectivity index (χ3v) is 6.24. The van der Waals surface area contributed by atoms with E-state index in [0.29, 0.717) is 3.63 Å². The molecule has 0 saturated carbocycles. The molecule has 1 aliphatic rings. The van der Waals surface area contributed by atoms with Gasteiger partial charge in [0.1, 0.15) is 0 Å². The van der Waals surface area contributed by atoms with Crippen molar-refractivity contribution in [3.8, 4) is 11.1 Å². The SMILES string of the molecule is CC(C)(C)c1ccc2c(c1)-c1c(cccc1C(C)(C)C)[CH]2[Zr+2].[Cl-].[Cl-]. The fourth-order valence-electron chi connectivity index (χ4n) is 3.39. The number of rotatable bonds is 0. The zero-order valence-corrected chi connectivity index (χ0v) is 19.3. The van der Waals surface area contributed by atoms with Crippen LogP contribution in [-0.4, -0.2) is 0 Å². The van der Waals surface area contributed by atoms with Gasteiger partial charge in [0.15, 0.2) is 0 Å². The van der Waals surface area contributed by atoms with Crippen molar-refractivity contribution in [1.82, 2.24) is 0 Å². The summed E-state index contributed by atoms with van der Waals surface area (Å²) in [4.78, 5) is 0. The number of fused-ring (bicyclic) bond motifs is 3. The van der Waals surface area contributed by atoms with E-state index in [-0.39, 0.29) is 35.6 Å². The van der Waals surface area contributed by atoms with Gasteiger partial charge in [0.25, 0.3) is 0 Å². The second kappa shape index (κ2) is 7.26. The van der Waals surface area contributed by atoms with E-state index in [1.54, 1.807) is 24.7 Å². The average molecular weight is 440 g/mol. The van der Waals surface area contributed by atoms with E-state index < -0.39 is 0 Å². The Morgan fingerprint density at radius 2 is 1.42 bits per heavy atom. The van der Waals surface area contributed by atoms with E-state index in [2.05, 4.69) is 77.9 Å². The molecular formula is C21H25Cl2Zr. The monoisotopic (exact) mass is 437 g/mol. The summed E-state index contributed by atoms with van der Waals surface area (Å²) in [6.45, 7) is 13.9. The maximum absolute atomic E-state index is 2.45. The number of hydrogen-bond donors (Lipinski definition) is 0. The van der Waals surface area contributed by atoms with E-state index in [1.165, 1.54) is 33.4 Å². The van der Waals surface area contributed by atoms with Crippen LogP contribution in [0.5, 0.6) is 0 Å². The Kier molecular flexibility index (Phi) is 6.64. The van der Waals surface area contributed by atoms with Crippen molar-refractivity contribution < 1.29 is 49.5 Å². The van der Waals surface area contributed by atoms with Gasteiger partial charge in [-0.3, -0.25) is 0 Å². The molecule has 3 heteroatoms. The zero-order chi connectivity index (χ0) is 16.3. The van der Waals surface area contributed by atoms with Gasteiger partial charge in [0.05, 0.1) is 0 Å². The molecule has 0 heterocycles. The predicted molar refractivity (Wildman–Crippen MR) is 91.1 cm³/mol. The summed E-state index contributed by atoms with van der Waals surface area (Å²) in [5.74, 6) is 0. The molecule has 1 aliphatic carbocycles. The van der Waals surface area contributed by atoms with Gasteiger partial charge in [-0.15, -0.1) is 0 Å². The van der Waals surface area contributed by atoms with Crippen LogP contribution in [0.1, 0.15) is 67.4 Å². The largest absolute Gasteiger partial charge is 1.00 e. The fraction of sp³-hybridized carbons (Fsp3) is 0.429. The third kappa shape index (κ3) is 3.69. The van der Waals surface area contributed by atoms with Crippen LogP contribution in [0.25, 0.3) is 11.1 Å². The van der Waals surface area contributed by atoms with Crippen molar-refractivity contribution in [3.05, 3.63) is 58.7 Å². The Balaban J connectivity index is 0.00000144. The summed E-state index contributed by atoms with van der Waals surface area (Å²) in [7, 11) is 0. The molecule has 1 unspecified atom stereocenters. The van der Waals surface area contributed by atoms with Gasteiger partial charge in [0, 0.05) is 0 Å². The molecule has 0 amide bonds. The summed E-state index contributed by atoms with van der Waals surface area (Å²) in [6.07, 6.45) is 0. The summed E-state index contributed by atoms with van der Waals surface area (Å²) >= 11 is 1.59. The molecule has 0 nitrogen and oxygen atoms in total. The van der Waals surface area contributed by atoms with Crippen molar-refractivity contribution in [3.63, 3.8) is 0 Å². The van der Waals surface area contributed by atoms with Crippen LogP contribution in [0.15, 0.2) is 36.4 Å². The average Bonchev–Trinajstić information content (AvgIpc) is 2.70. The quantitative estimate of drug-likeness (QED) is 0.538. The molecule has 3 rings (SSSR count). The molecule has 0 bridgehead atoms. The van der Waals surface area contributed by atoms with Gasteiger partial charge in [-0.25, -0.2) is 0 Å². The molecule has 2 aromatic rings. The van der Waals surface area contributed by atoms with E-state index in [9.17, 15) is 0 Å². The Bertz CT molecular complexity index is 736. The van der Waals surface area contributed by atoms with Crippen molar-refractivity contribution in [2.45, 2.75) is 56.0 Å². The van der Waals surface area contributed by atoms with Gasteiger partial charge in [0.2, 0.25) is 0 Å². The topological polar surface area (TPSA) is 0 Å². The van der Waals surface area contributed by atoms with Crippen LogP contribution in [0.2, 0.25) is 0 Å². The van der Waals surface area contributed by atoms with E-state index in [4.69, 9.17) is 0 Å². The standard InChI is InChI=1S/C21H25.2ClH.Zr/c1-20(2,3)16-11-10-14-12-15-8-7-9-18(21(4,5)6)19(15)17(14)13-16;;;/h7-13H,1-6H3;2*1H;/q;;;+2/p-2. The first-order valence-electron chi connectivity index (χ1n) is 8.10. The maximum Gasteiger partial charge on any atom is -1.00 e. The minimum absolute atomic E-state index is 0. The van der Waals surface area contributed by atoms with Crippen LogP contribution >= 0.6 is 0 Å². The second-order valence-electron chi connectivity index (χ2n) is 8.50. The molecule has 0 spiro atoms. The van der Waals surface area contributed by atoms with Gasteiger partial charge in [-0.05, 0) is 0 Å². The zero-order valence-electron chi connectivity index (χ0n) is 15.3. The van der Waals surface area contributed by atoms with Crippen LogP contribution in [0.4, 0.5) is 0 Å². The molecule has 1 atom stereocenters. The summed E-state index contributed by atoms with van der Waals surface area (Å²) in [5, 5.41) is 0. The third-order valence-electron chi connectivity index (χ3n) is 4.72. The first kappa shape index (κ1) is 21.9.